The monoisotopic (exact) mass is 323 g/mol. The van der Waals surface area contributed by atoms with Gasteiger partial charge in [-0.3, -0.25) is 0 Å². The molecule has 6 nitrogen and oxygen atoms in total. The highest BCUT2D eigenvalue weighted by atomic mass is 16.6. The molecule has 0 fully saturated rings. The fraction of sp³-hybridized carbons (Fsp3) is 0.167. The summed E-state index contributed by atoms with van der Waals surface area (Å²) in [6.07, 6.45) is -0.717. The molecule has 1 atom stereocenters. The Kier molecular flexibility index (Phi) is 4.39. The first-order valence-electron chi connectivity index (χ1n) is 7.47. The summed E-state index contributed by atoms with van der Waals surface area (Å²) in [5.41, 5.74) is 4.50. The van der Waals surface area contributed by atoms with E-state index in [4.69, 9.17) is 4.74 Å². The number of hydrogen-bond acceptors (Lipinski definition) is 5. The van der Waals surface area contributed by atoms with Crippen LogP contribution in [0.1, 0.15) is 18.6 Å². The molecule has 0 aliphatic carbocycles. The van der Waals surface area contributed by atoms with Crippen LogP contribution in [0.2, 0.25) is 0 Å². The number of aromatic amines is 1. The predicted molar refractivity (Wildman–Crippen MR) is 90.1 cm³/mol. The molecule has 3 rings (SSSR count). The van der Waals surface area contributed by atoms with E-state index in [1.807, 2.05) is 42.5 Å². The molecule has 0 amide bonds. The number of ether oxygens (including phenoxy) is 1. The molecule has 0 aliphatic heterocycles. The molecule has 0 aliphatic rings. The molecule has 0 spiro atoms. The van der Waals surface area contributed by atoms with Crippen molar-refractivity contribution in [2.24, 2.45) is 0 Å². The number of fused-ring (bicyclic) bond motifs is 1. The zero-order valence-electron chi connectivity index (χ0n) is 13.2. The number of aliphatic hydroxyl groups is 1. The molecule has 1 unspecified atom stereocenters. The maximum Gasteiger partial charge on any atom is 0.333 e. The van der Waals surface area contributed by atoms with Crippen LogP contribution < -0.4 is 0 Å². The van der Waals surface area contributed by atoms with Crippen molar-refractivity contribution >= 4 is 17.0 Å². The number of H-pyrrole nitrogens is 1. The normalized spacial score (nSPS) is 12.1. The highest BCUT2D eigenvalue weighted by Crippen LogP contribution is 2.28. The van der Waals surface area contributed by atoms with Crippen LogP contribution in [0.4, 0.5) is 0 Å². The average molecular weight is 323 g/mol. The zero-order chi connectivity index (χ0) is 17.1. The minimum atomic E-state index is -0.717. The van der Waals surface area contributed by atoms with Crippen molar-refractivity contribution in [3.63, 3.8) is 0 Å². The number of carbonyl (C=O) groups is 1. The number of para-hydroxylation sites is 1. The second-order valence-electron chi connectivity index (χ2n) is 5.48. The van der Waals surface area contributed by atoms with Gasteiger partial charge in [-0.2, -0.15) is 15.4 Å². The van der Waals surface area contributed by atoms with Crippen molar-refractivity contribution in [3.8, 4) is 11.1 Å². The first-order valence-corrected chi connectivity index (χ1v) is 7.47. The van der Waals surface area contributed by atoms with Gasteiger partial charge in [-0.05, 0) is 24.1 Å². The van der Waals surface area contributed by atoms with Gasteiger partial charge < -0.3 is 9.84 Å². The summed E-state index contributed by atoms with van der Waals surface area (Å²) in [5, 5.41) is 20.4. The Morgan fingerprint density at radius 1 is 1.25 bits per heavy atom. The summed E-state index contributed by atoms with van der Waals surface area (Å²) < 4.78 is 5.23. The molecule has 1 aromatic heterocycles. The fourth-order valence-electron chi connectivity index (χ4n) is 2.42. The van der Waals surface area contributed by atoms with Crippen molar-refractivity contribution in [2.75, 3.05) is 6.61 Å². The Morgan fingerprint density at radius 2 is 2.00 bits per heavy atom. The molecular formula is C18H17N3O3. The zero-order valence-corrected chi connectivity index (χ0v) is 13.2. The molecule has 24 heavy (non-hydrogen) atoms. The van der Waals surface area contributed by atoms with Crippen molar-refractivity contribution < 1.29 is 14.6 Å². The summed E-state index contributed by atoms with van der Waals surface area (Å²) >= 11 is 0. The van der Waals surface area contributed by atoms with Crippen LogP contribution in [0.3, 0.4) is 0 Å². The van der Waals surface area contributed by atoms with E-state index >= 15 is 0 Å². The number of nitrogens with zero attached hydrogens (tertiary/aromatic N) is 2. The van der Waals surface area contributed by atoms with Crippen molar-refractivity contribution in [3.05, 3.63) is 60.2 Å². The molecule has 2 N–H and O–H groups in total. The van der Waals surface area contributed by atoms with Crippen LogP contribution in [-0.4, -0.2) is 33.1 Å². The number of nitrogens with one attached hydrogen (secondary N) is 1. The lowest BCUT2D eigenvalue weighted by Gasteiger charge is -2.16. The molecule has 0 bridgehead atoms. The molecule has 3 aromatic rings. The topological polar surface area (TPSA) is 88.1 Å². The van der Waals surface area contributed by atoms with Gasteiger partial charge in [-0.1, -0.05) is 43.0 Å². The summed E-state index contributed by atoms with van der Waals surface area (Å²) in [6.45, 7) is 4.82. The number of rotatable bonds is 5. The summed E-state index contributed by atoms with van der Waals surface area (Å²) in [4.78, 5) is 11.6. The molecule has 6 heteroatoms. The predicted octanol–water partition coefficient (Wildman–Crippen LogP) is 2.78. The van der Waals surface area contributed by atoms with Crippen LogP contribution in [0, 0.1) is 0 Å². The van der Waals surface area contributed by atoms with Gasteiger partial charge in [0, 0.05) is 11.1 Å². The maximum atomic E-state index is 11.6. The molecule has 0 saturated heterocycles. The molecule has 122 valence electrons. The van der Waals surface area contributed by atoms with Crippen LogP contribution in [0.5, 0.6) is 0 Å². The number of aliphatic hydroxyl groups excluding tert-OH is 1. The first-order chi connectivity index (χ1) is 11.6. The lowest BCUT2D eigenvalue weighted by molar-refractivity contribution is -0.146. The van der Waals surface area contributed by atoms with Crippen molar-refractivity contribution in [2.45, 2.75) is 13.0 Å². The highest BCUT2D eigenvalue weighted by Gasteiger charge is 2.16. The third-order valence-electron chi connectivity index (χ3n) is 3.70. The summed E-state index contributed by atoms with van der Waals surface area (Å²) in [5.74, 6) is -0.523. The van der Waals surface area contributed by atoms with E-state index in [1.54, 1.807) is 6.92 Å². The van der Waals surface area contributed by atoms with E-state index in [1.165, 1.54) is 0 Å². The highest BCUT2D eigenvalue weighted by molar-refractivity contribution is 5.91. The third-order valence-corrected chi connectivity index (χ3v) is 3.70. The van der Waals surface area contributed by atoms with Gasteiger partial charge in [-0.25, -0.2) is 4.79 Å². The standard InChI is InChI=1S/C18H17N3O3/c1-11(2)18(23)24-16(10-22)13-8-6-12(7-9-13)14-4-3-5-15-17(14)20-21-19-15/h3-9,16,22H,1,10H2,2H3,(H,19,20,21). The number of aromatic nitrogens is 3. The smallest absolute Gasteiger partial charge is 0.333 e. The Bertz CT molecular complexity index is 884. The number of hydrogen-bond donors (Lipinski definition) is 2. The van der Waals surface area contributed by atoms with Gasteiger partial charge in [0.1, 0.15) is 11.0 Å². The molecule has 1 heterocycles. The lowest BCUT2D eigenvalue weighted by atomic mass is 10.0. The molecular weight excluding hydrogens is 306 g/mol. The van der Waals surface area contributed by atoms with Crippen LogP contribution in [0.25, 0.3) is 22.2 Å². The van der Waals surface area contributed by atoms with Gasteiger partial charge in [0.25, 0.3) is 0 Å². The second-order valence-corrected chi connectivity index (χ2v) is 5.48. The van der Waals surface area contributed by atoms with Gasteiger partial charge in [0.15, 0.2) is 6.10 Å². The van der Waals surface area contributed by atoms with E-state index in [9.17, 15) is 9.90 Å². The van der Waals surface area contributed by atoms with E-state index in [0.717, 1.165) is 22.2 Å². The van der Waals surface area contributed by atoms with Crippen molar-refractivity contribution in [1.29, 1.82) is 0 Å². The van der Waals surface area contributed by atoms with E-state index in [2.05, 4.69) is 22.0 Å². The molecule has 0 radical (unpaired) electrons. The minimum absolute atomic E-state index is 0.294. The Labute approximate surface area is 138 Å². The van der Waals surface area contributed by atoms with Crippen molar-refractivity contribution in [1.82, 2.24) is 15.4 Å². The van der Waals surface area contributed by atoms with Crippen LogP contribution in [-0.2, 0) is 9.53 Å². The average Bonchev–Trinajstić information content (AvgIpc) is 3.08. The number of benzene rings is 2. The van der Waals surface area contributed by atoms with Crippen LogP contribution >= 0.6 is 0 Å². The Morgan fingerprint density at radius 3 is 2.67 bits per heavy atom. The lowest BCUT2D eigenvalue weighted by Crippen LogP contribution is -2.15. The fourth-order valence-corrected chi connectivity index (χ4v) is 2.42. The summed E-state index contributed by atoms with van der Waals surface area (Å²) in [7, 11) is 0. The minimum Gasteiger partial charge on any atom is -0.452 e. The largest absolute Gasteiger partial charge is 0.452 e. The van der Waals surface area contributed by atoms with Gasteiger partial charge in [0.2, 0.25) is 0 Å². The summed E-state index contributed by atoms with van der Waals surface area (Å²) in [6, 6.07) is 13.2. The molecule has 0 saturated carbocycles. The Balaban J connectivity index is 1.88. The van der Waals surface area contributed by atoms with Gasteiger partial charge in [-0.15, -0.1) is 0 Å². The first kappa shape index (κ1) is 15.9. The van der Waals surface area contributed by atoms with E-state index < -0.39 is 12.1 Å². The van der Waals surface area contributed by atoms with Crippen LogP contribution in [0.15, 0.2) is 54.6 Å². The van der Waals surface area contributed by atoms with E-state index in [-0.39, 0.29) is 6.61 Å². The van der Waals surface area contributed by atoms with E-state index in [0.29, 0.717) is 11.1 Å². The number of carbonyl (C=O) groups excluding carboxylic acids is 1. The van der Waals surface area contributed by atoms with Gasteiger partial charge in [0.05, 0.1) is 6.61 Å². The maximum absolute atomic E-state index is 11.6. The molecule has 2 aromatic carbocycles. The second kappa shape index (κ2) is 6.64. The SMILES string of the molecule is C=C(C)C(=O)OC(CO)c1ccc(-c2cccc3n[nH]nc23)cc1. The third kappa shape index (κ3) is 3.04. The quantitative estimate of drug-likeness (QED) is 0.557. The van der Waals surface area contributed by atoms with Gasteiger partial charge >= 0.3 is 5.97 Å². The Hall–Kier alpha value is -2.99. The number of esters is 1.